The van der Waals surface area contributed by atoms with Crippen LogP contribution in [0, 0.1) is 0 Å². The molecule has 0 aromatic heterocycles. The van der Waals surface area contributed by atoms with E-state index in [1.165, 1.54) is 18.5 Å². The summed E-state index contributed by atoms with van der Waals surface area (Å²) >= 11 is 0. The number of carbonyl (C=O) groups is 1. The Morgan fingerprint density at radius 1 is 1.04 bits per heavy atom. The summed E-state index contributed by atoms with van der Waals surface area (Å²) < 4.78 is 0. The van der Waals surface area contributed by atoms with Crippen LogP contribution in [-0.2, 0) is 4.79 Å². The largest absolute Gasteiger partial charge is 0.374 e. The maximum Gasteiger partial charge on any atom is 0.226 e. The van der Waals surface area contributed by atoms with Crippen molar-refractivity contribution in [3.8, 4) is 0 Å². The SMILES string of the molecule is CN(CCC(=O)Nc1ccc(N2CCCC2)cc1)c1ccccc1. The Morgan fingerprint density at radius 2 is 1.71 bits per heavy atom. The van der Waals surface area contributed by atoms with Crippen LogP contribution in [-0.4, -0.2) is 32.6 Å². The number of amides is 1. The fourth-order valence-corrected chi connectivity index (χ4v) is 3.04. The highest BCUT2D eigenvalue weighted by atomic mass is 16.1. The van der Waals surface area contributed by atoms with Crippen LogP contribution in [0.25, 0.3) is 0 Å². The topological polar surface area (TPSA) is 35.6 Å². The van der Waals surface area contributed by atoms with Gasteiger partial charge in [0.25, 0.3) is 0 Å². The van der Waals surface area contributed by atoms with E-state index < -0.39 is 0 Å². The van der Waals surface area contributed by atoms with Crippen molar-refractivity contribution in [3.63, 3.8) is 0 Å². The molecule has 4 nitrogen and oxygen atoms in total. The first-order valence-corrected chi connectivity index (χ1v) is 8.63. The van der Waals surface area contributed by atoms with Crippen molar-refractivity contribution < 1.29 is 4.79 Å². The average molecular weight is 323 g/mol. The lowest BCUT2D eigenvalue weighted by molar-refractivity contribution is -0.116. The predicted octanol–water partition coefficient (Wildman–Crippen LogP) is 3.75. The third-order valence-electron chi connectivity index (χ3n) is 4.49. The first kappa shape index (κ1) is 16.4. The van der Waals surface area contributed by atoms with Gasteiger partial charge in [-0.25, -0.2) is 0 Å². The molecule has 0 saturated carbocycles. The highest BCUT2D eigenvalue weighted by molar-refractivity contribution is 5.91. The summed E-state index contributed by atoms with van der Waals surface area (Å²) in [7, 11) is 2.01. The van der Waals surface area contributed by atoms with Crippen molar-refractivity contribution in [2.24, 2.45) is 0 Å². The predicted molar refractivity (Wildman–Crippen MR) is 101 cm³/mol. The van der Waals surface area contributed by atoms with E-state index in [9.17, 15) is 4.79 Å². The second kappa shape index (κ2) is 7.86. The van der Waals surface area contributed by atoms with E-state index in [0.717, 1.165) is 24.5 Å². The molecule has 126 valence electrons. The lowest BCUT2D eigenvalue weighted by atomic mass is 10.2. The Hall–Kier alpha value is -2.49. The maximum atomic E-state index is 12.1. The summed E-state index contributed by atoms with van der Waals surface area (Å²) in [6.07, 6.45) is 3.01. The van der Waals surface area contributed by atoms with Crippen LogP contribution in [0.4, 0.5) is 17.1 Å². The van der Waals surface area contributed by atoms with Crippen molar-refractivity contribution in [1.29, 1.82) is 0 Å². The van der Waals surface area contributed by atoms with Crippen molar-refractivity contribution in [1.82, 2.24) is 0 Å². The van der Waals surface area contributed by atoms with Gasteiger partial charge < -0.3 is 15.1 Å². The van der Waals surface area contributed by atoms with Crippen LogP contribution in [0.1, 0.15) is 19.3 Å². The second-order valence-corrected chi connectivity index (χ2v) is 6.30. The molecule has 0 unspecified atom stereocenters. The summed E-state index contributed by atoms with van der Waals surface area (Å²) in [6.45, 7) is 2.97. The molecule has 2 aromatic carbocycles. The van der Waals surface area contributed by atoms with E-state index in [-0.39, 0.29) is 5.91 Å². The highest BCUT2D eigenvalue weighted by Gasteiger charge is 2.12. The number of hydrogen-bond acceptors (Lipinski definition) is 3. The molecule has 3 rings (SSSR count). The number of nitrogens with one attached hydrogen (secondary N) is 1. The summed E-state index contributed by atoms with van der Waals surface area (Å²) in [5.41, 5.74) is 3.24. The molecule has 1 heterocycles. The minimum absolute atomic E-state index is 0.0479. The zero-order valence-corrected chi connectivity index (χ0v) is 14.2. The monoisotopic (exact) mass is 323 g/mol. The van der Waals surface area contributed by atoms with E-state index in [2.05, 4.69) is 39.4 Å². The quantitative estimate of drug-likeness (QED) is 0.879. The van der Waals surface area contributed by atoms with Crippen molar-refractivity contribution >= 4 is 23.0 Å². The van der Waals surface area contributed by atoms with Crippen molar-refractivity contribution in [3.05, 3.63) is 54.6 Å². The van der Waals surface area contributed by atoms with Crippen molar-refractivity contribution in [2.45, 2.75) is 19.3 Å². The van der Waals surface area contributed by atoms with E-state index in [1.54, 1.807) is 0 Å². The first-order chi connectivity index (χ1) is 11.7. The summed E-state index contributed by atoms with van der Waals surface area (Å²) in [4.78, 5) is 16.6. The molecule has 0 aliphatic carbocycles. The average Bonchev–Trinajstić information content (AvgIpc) is 3.16. The molecular formula is C20H25N3O. The molecule has 0 spiro atoms. The molecule has 0 atom stereocenters. The normalized spacial score (nSPS) is 13.8. The van der Waals surface area contributed by atoms with Gasteiger partial charge in [-0.3, -0.25) is 4.79 Å². The minimum Gasteiger partial charge on any atom is -0.374 e. The van der Waals surface area contributed by atoms with Gasteiger partial charge in [-0.1, -0.05) is 18.2 Å². The summed E-state index contributed by atoms with van der Waals surface area (Å²) in [5.74, 6) is 0.0479. The third-order valence-corrected chi connectivity index (χ3v) is 4.49. The van der Waals surface area contributed by atoms with Crippen LogP contribution in [0.3, 0.4) is 0 Å². The number of nitrogens with zero attached hydrogens (tertiary/aromatic N) is 2. The zero-order chi connectivity index (χ0) is 16.8. The van der Waals surface area contributed by atoms with Gasteiger partial charge in [0.05, 0.1) is 0 Å². The van der Waals surface area contributed by atoms with Crippen LogP contribution < -0.4 is 15.1 Å². The lowest BCUT2D eigenvalue weighted by Gasteiger charge is -2.19. The molecule has 4 heteroatoms. The Bertz CT molecular complexity index is 648. The number of hydrogen-bond donors (Lipinski definition) is 1. The molecule has 0 bridgehead atoms. The molecule has 24 heavy (non-hydrogen) atoms. The number of anilines is 3. The highest BCUT2D eigenvalue weighted by Crippen LogP contribution is 2.22. The van der Waals surface area contributed by atoms with Crippen LogP contribution in [0.2, 0.25) is 0 Å². The Balaban J connectivity index is 1.48. The number of carbonyl (C=O) groups excluding carboxylic acids is 1. The Morgan fingerprint density at radius 3 is 2.38 bits per heavy atom. The van der Waals surface area contributed by atoms with Gasteiger partial charge in [-0.2, -0.15) is 0 Å². The molecule has 1 fully saturated rings. The fourth-order valence-electron chi connectivity index (χ4n) is 3.04. The second-order valence-electron chi connectivity index (χ2n) is 6.30. The number of benzene rings is 2. The van der Waals surface area contributed by atoms with Gasteiger partial charge in [0, 0.05) is 50.2 Å². The maximum absolute atomic E-state index is 12.1. The van der Waals surface area contributed by atoms with Crippen LogP contribution >= 0.6 is 0 Å². The van der Waals surface area contributed by atoms with E-state index in [4.69, 9.17) is 0 Å². The van der Waals surface area contributed by atoms with Gasteiger partial charge in [-0.15, -0.1) is 0 Å². The third kappa shape index (κ3) is 4.28. The van der Waals surface area contributed by atoms with E-state index >= 15 is 0 Å². The fraction of sp³-hybridized carbons (Fsp3) is 0.350. The molecule has 1 aliphatic rings. The number of rotatable bonds is 6. The number of para-hydroxylation sites is 1. The first-order valence-electron chi connectivity index (χ1n) is 8.63. The molecule has 0 radical (unpaired) electrons. The van der Waals surface area contributed by atoms with Gasteiger partial charge >= 0.3 is 0 Å². The lowest BCUT2D eigenvalue weighted by Crippen LogP contribution is -2.23. The smallest absolute Gasteiger partial charge is 0.226 e. The molecule has 1 N–H and O–H groups in total. The van der Waals surface area contributed by atoms with Crippen LogP contribution in [0.15, 0.2) is 54.6 Å². The van der Waals surface area contributed by atoms with Gasteiger partial charge in [0.1, 0.15) is 0 Å². The molecule has 1 saturated heterocycles. The molecule has 1 amide bonds. The summed E-state index contributed by atoms with van der Waals surface area (Å²) in [6, 6.07) is 18.3. The van der Waals surface area contributed by atoms with Gasteiger partial charge in [0.15, 0.2) is 0 Å². The van der Waals surface area contributed by atoms with Gasteiger partial charge in [-0.05, 0) is 49.2 Å². The zero-order valence-electron chi connectivity index (χ0n) is 14.2. The molecular weight excluding hydrogens is 298 g/mol. The van der Waals surface area contributed by atoms with Crippen molar-refractivity contribution in [2.75, 3.05) is 41.8 Å². The Labute approximate surface area is 144 Å². The standard InChI is InChI=1S/C20H25N3O/c1-22(18-7-3-2-4-8-18)16-13-20(24)21-17-9-11-19(12-10-17)23-14-5-6-15-23/h2-4,7-12H,5-6,13-16H2,1H3,(H,21,24). The summed E-state index contributed by atoms with van der Waals surface area (Å²) in [5, 5.41) is 2.98. The van der Waals surface area contributed by atoms with E-state index in [0.29, 0.717) is 13.0 Å². The minimum atomic E-state index is 0.0479. The van der Waals surface area contributed by atoms with Crippen LogP contribution in [0.5, 0.6) is 0 Å². The van der Waals surface area contributed by atoms with Gasteiger partial charge in [0.2, 0.25) is 5.91 Å². The molecule has 2 aromatic rings. The van der Waals surface area contributed by atoms with E-state index in [1.807, 2.05) is 37.4 Å². The Kier molecular flexibility index (Phi) is 5.36. The molecule has 1 aliphatic heterocycles.